The van der Waals surface area contributed by atoms with Crippen molar-refractivity contribution < 1.29 is 8.42 Å². The lowest BCUT2D eigenvalue weighted by Gasteiger charge is -2.03. The first-order chi connectivity index (χ1) is 7.03. The van der Waals surface area contributed by atoms with Gasteiger partial charge in [0.05, 0.1) is 23.0 Å². The third kappa shape index (κ3) is 4.92. The van der Waals surface area contributed by atoms with Crippen molar-refractivity contribution in [1.29, 1.82) is 0 Å². The van der Waals surface area contributed by atoms with Crippen LogP contribution in [0, 0.1) is 6.92 Å². The van der Waals surface area contributed by atoms with Crippen LogP contribution < -0.4 is 4.72 Å². The first-order valence-corrected chi connectivity index (χ1v) is 7.54. The van der Waals surface area contributed by atoms with E-state index in [2.05, 4.69) is 9.71 Å². The first kappa shape index (κ1) is 12.9. The normalized spacial score (nSPS) is 11.9. The summed E-state index contributed by atoms with van der Waals surface area (Å²) in [6.45, 7) is 2.14. The molecule has 0 aliphatic rings. The summed E-state index contributed by atoms with van der Waals surface area (Å²) < 4.78 is 25.2. The number of sulfonamides is 1. The van der Waals surface area contributed by atoms with E-state index in [-0.39, 0.29) is 12.3 Å². The first-order valence-electron chi connectivity index (χ1n) is 4.48. The fraction of sp³-hybridized carbons (Fsp3) is 0.625. The molecule has 7 heteroatoms. The second-order valence-corrected chi connectivity index (χ2v) is 6.41. The van der Waals surface area contributed by atoms with Crippen molar-refractivity contribution >= 4 is 33.0 Å². The number of thiazole rings is 1. The Bertz CT molecular complexity index is 403. The highest BCUT2D eigenvalue weighted by Gasteiger charge is 2.09. The van der Waals surface area contributed by atoms with Crippen molar-refractivity contribution in [3.63, 3.8) is 0 Å². The molecule has 15 heavy (non-hydrogen) atoms. The average molecular weight is 269 g/mol. The summed E-state index contributed by atoms with van der Waals surface area (Å²) in [4.78, 5) is 4.16. The number of rotatable bonds is 6. The molecule has 0 unspecified atom stereocenters. The standard InChI is InChI=1S/C8H13ClN2O2S2/c1-7-11-8(6-14-7)5-10-15(12,13)4-2-3-9/h6,10H,2-5H2,1H3. The zero-order valence-electron chi connectivity index (χ0n) is 8.36. The third-order valence-electron chi connectivity index (χ3n) is 1.69. The topological polar surface area (TPSA) is 59.1 Å². The second kappa shape index (κ2) is 5.79. The zero-order valence-corrected chi connectivity index (χ0v) is 10.8. The van der Waals surface area contributed by atoms with Crippen molar-refractivity contribution in [1.82, 2.24) is 9.71 Å². The quantitative estimate of drug-likeness (QED) is 0.796. The molecule has 0 bridgehead atoms. The Hall–Kier alpha value is -0.170. The molecule has 1 heterocycles. The summed E-state index contributed by atoms with van der Waals surface area (Å²) in [5.74, 6) is 0.427. The van der Waals surface area contributed by atoms with Crippen LogP contribution in [0.5, 0.6) is 0 Å². The molecular formula is C8H13ClN2O2S2. The summed E-state index contributed by atoms with van der Waals surface area (Å²) in [5.41, 5.74) is 0.756. The van der Waals surface area contributed by atoms with Crippen LogP contribution in [0.2, 0.25) is 0 Å². The smallest absolute Gasteiger partial charge is 0.211 e. The maximum atomic E-state index is 11.4. The Labute approximate surface area is 98.7 Å². The summed E-state index contributed by atoms with van der Waals surface area (Å²) in [7, 11) is -3.20. The molecule has 0 spiro atoms. The van der Waals surface area contributed by atoms with Gasteiger partial charge in [0.15, 0.2) is 0 Å². The van der Waals surface area contributed by atoms with Crippen molar-refractivity contribution in [2.75, 3.05) is 11.6 Å². The Kier molecular flexibility index (Phi) is 4.98. The number of nitrogens with one attached hydrogen (secondary N) is 1. The lowest BCUT2D eigenvalue weighted by Crippen LogP contribution is -2.26. The van der Waals surface area contributed by atoms with E-state index in [1.165, 1.54) is 11.3 Å². The van der Waals surface area contributed by atoms with Gasteiger partial charge in [-0.05, 0) is 13.3 Å². The van der Waals surface area contributed by atoms with E-state index in [1.54, 1.807) is 0 Å². The summed E-state index contributed by atoms with van der Waals surface area (Å²) in [6.07, 6.45) is 0.465. The van der Waals surface area contributed by atoms with Gasteiger partial charge < -0.3 is 0 Å². The van der Waals surface area contributed by atoms with Gasteiger partial charge >= 0.3 is 0 Å². The van der Waals surface area contributed by atoms with Gasteiger partial charge in [0.1, 0.15) is 0 Å². The molecule has 0 saturated heterocycles. The minimum absolute atomic E-state index is 0.0691. The molecule has 86 valence electrons. The van der Waals surface area contributed by atoms with Crippen molar-refractivity contribution in [3.8, 4) is 0 Å². The van der Waals surface area contributed by atoms with Crippen LogP contribution in [-0.4, -0.2) is 25.0 Å². The number of halogens is 1. The summed E-state index contributed by atoms with van der Waals surface area (Å²) in [6, 6.07) is 0. The Balaban J connectivity index is 2.42. The van der Waals surface area contributed by atoms with Gasteiger partial charge in [-0.3, -0.25) is 0 Å². The fourth-order valence-corrected chi connectivity index (χ4v) is 2.93. The van der Waals surface area contributed by atoms with E-state index in [4.69, 9.17) is 11.6 Å². The predicted molar refractivity (Wildman–Crippen MR) is 62.8 cm³/mol. The molecule has 1 aromatic heterocycles. The van der Waals surface area contributed by atoms with E-state index in [0.29, 0.717) is 12.3 Å². The van der Waals surface area contributed by atoms with Gasteiger partial charge in [0.25, 0.3) is 0 Å². The third-order valence-corrected chi connectivity index (χ3v) is 4.19. The molecule has 0 radical (unpaired) electrons. The van der Waals surface area contributed by atoms with E-state index in [0.717, 1.165) is 10.7 Å². The van der Waals surface area contributed by atoms with Gasteiger partial charge in [-0.2, -0.15) is 0 Å². The highest BCUT2D eigenvalue weighted by atomic mass is 35.5. The minimum Gasteiger partial charge on any atom is -0.245 e. The van der Waals surface area contributed by atoms with Gasteiger partial charge in [0.2, 0.25) is 10.0 Å². The molecule has 0 fully saturated rings. The zero-order chi connectivity index (χ0) is 11.3. The maximum absolute atomic E-state index is 11.4. The van der Waals surface area contributed by atoms with Crippen molar-refractivity contribution in [3.05, 3.63) is 16.1 Å². The SMILES string of the molecule is Cc1nc(CNS(=O)(=O)CCCCl)cs1. The molecule has 1 rings (SSSR count). The van der Waals surface area contributed by atoms with Crippen LogP contribution in [0.1, 0.15) is 17.1 Å². The van der Waals surface area contributed by atoms with Crippen LogP contribution in [-0.2, 0) is 16.6 Å². The number of nitrogens with zero attached hydrogens (tertiary/aromatic N) is 1. The molecule has 0 saturated carbocycles. The van der Waals surface area contributed by atoms with Crippen LogP contribution in [0.15, 0.2) is 5.38 Å². The molecule has 0 aliphatic carbocycles. The summed E-state index contributed by atoms with van der Waals surface area (Å²) in [5, 5.41) is 2.78. The number of hydrogen-bond acceptors (Lipinski definition) is 4. The van der Waals surface area contributed by atoms with Crippen LogP contribution in [0.25, 0.3) is 0 Å². The number of alkyl halides is 1. The van der Waals surface area contributed by atoms with Gasteiger partial charge in [0, 0.05) is 11.3 Å². The highest BCUT2D eigenvalue weighted by Crippen LogP contribution is 2.07. The van der Waals surface area contributed by atoms with E-state index in [1.807, 2.05) is 12.3 Å². The molecule has 4 nitrogen and oxygen atoms in total. The van der Waals surface area contributed by atoms with Gasteiger partial charge in [-0.1, -0.05) is 0 Å². The largest absolute Gasteiger partial charge is 0.245 e. The van der Waals surface area contributed by atoms with E-state index in [9.17, 15) is 8.42 Å². The predicted octanol–water partition coefficient (Wildman–Crippen LogP) is 1.50. The van der Waals surface area contributed by atoms with E-state index >= 15 is 0 Å². The molecule has 0 atom stereocenters. The van der Waals surface area contributed by atoms with Gasteiger partial charge in [-0.15, -0.1) is 22.9 Å². The van der Waals surface area contributed by atoms with Crippen LogP contribution in [0.3, 0.4) is 0 Å². The molecule has 0 aliphatic heterocycles. The average Bonchev–Trinajstić information content (AvgIpc) is 2.59. The minimum atomic E-state index is -3.20. The fourth-order valence-electron chi connectivity index (χ4n) is 0.990. The molecule has 1 N–H and O–H groups in total. The molecule has 0 amide bonds. The van der Waals surface area contributed by atoms with Gasteiger partial charge in [-0.25, -0.2) is 18.1 Å². The van der Waals surface area contributed by atoms with Crippen LogP contribution in [0.4, 0.5) is 0 Å². The van der Waals surface area contributed by atoms with Crippen molar-refractivity contribution in [2.24, 2.45) is 0 Å². The van der Waals surface area contributed by atoms with Crippen LogP contribution >= 0.6 is 22.9 Å². The highest BCUT2D eigenvalue weighted by molar-refractivity contribution is 7.89. The monoisotopic (exact) mass is 268 g/mol. The Morgan fingerprint density at radius 1 is 1.60 bits per heavy atom. The lowest BCUT2D eigenvalue weighted by atomic mass is 10.5. The number of hydrogen-bond donors (Lipinski definition) is 1. The summed E-state index contributed by atoms with van der Waals surface area (Å²) >= 11 is 6.93. The Morgan fingerprint density at radius 2 is 2.33 bits per heavy atom. The molecule has 0 aromatic carbocycles. The van der Waals surface area contributed by atoms with Crippen molar-refractivity contribution in [2.45, 2.75) is 19.9 Å². The molecular weight excluding hydrogens is 256 g/mol. The lowest BCUT2D eigenvalue weighted by molar-refractivity contribution is 0.579. The van der Waals surface area contributed by atoms with E-state index < -0.39 is 10.0 Å². The number of aromatic nitrogens is 1. The maximum Gasteiger partial charge on any atom is 0.211 e. The Morgan fingerprint density at radius 3 is 2.87 bits per heavy atom. The molecule has 1 aromatic rings. The number of aryl methyl sites for hydroxylation is 1. The second-order valence-electron chi connectivity index (χ2n) is 3.04.